The summed E-state index contributed by atoms with van der Waals surface area (Å²) in [7, 11) is 0. The number of benzene rings is 3. The molecule has 0 aromatic heterocycles. The van der Waals surface area contributed by atoms with Gasteiger partial charge in [-0.3, -0.25) is 0 Å². The molecule has 0 bridgehead atoms. The highest BCUT2D eigenvalue weighted by atomic mass is 35.5. The quantitative estimate of drug-likeness (QED) is 0.264. The second kappa shape index (κ2) is 11.2. The zero-order chi connectivity index (χ0) is 23.1. The number of ether oxygens (including phenoxy) is 4. The lowest BCUT2D eigenvalue weighted by atomic mass is 10.0. The normalized spacial score (nSPS) is 10.9. The molecule has 6 nitrogen and oxygen atoms in total. The monoisotopic (exact) mass is 478 g/mol. The van der Waals surface area contributed by atoms with Crippen LogP contribution in [-0.4, -0.2) is 38.4 Å². The van der Waals surface area contributed by atoms with Gasteiger partial charge in [0.1, 0.15) is 11.5 Å². The van der Waals surface area contributed by atoms with Gasteiger partial charge in [-0.1, -0.05) is 37.0 Å². The topological polar surface area (TPSA) is 71.1 Å². The molecule has 0 N–H and O–H groups in total. The molecule has 0 aliphatic rings. The number of fused-ring (bicyclic) bond motifs is 2. The van der Waals surface area contributed by atoms with E-state index in [4.69, 9.17) is 42.1 Å². The van der Waals surface area contributed by atoms with Gasteiger partial charge in [0.2, 0.25) is 0 Å². The molecule has 0 spiro atoms. The van der Waals surface area contributed by atoms with Crippen LogP contribution in [0.25, 0.3) is 21.5 Å². The van der Waals surface area contributed by atoms with E-state index in [1.54, 1.807) is 36.4 Å². The van der Waals surface area contributed by atoms with Crippen molar-refractivity contribution in [3.05, 3.63) is 46.4 Å². The van der Waals surface area contributed by atoms with Gasteiger partial charge >= 0.3 is 11.9 Å². The first-order valence-corrected chi connectivity index (χ1v) is 11.1. The summed E-state index contributed by atoms with van der Waals surface area (Å²) in [5, 5.41) is 3.53. The van der Waals surface area contributed by atoms with Crippen LogP contribution in [0.1, 0.15) is 26.7 Å². The van der Waals surface area contributed by atoms with Gasteiger partial charge in [0.15, 0.2) is 13.2 Å². The van der Waals surface area contributed by atoms with Crippen LogP contribution in [0.2, 0.25) is 10.0 Å². The molecule has 0 saturated heterocycles. The smallest absolute Gasteiger partial charge is 0.344 e. The molecule has 0 radical (unpaired) electrons. The van der Waals surface area contributed by atoms with E-state index in [0.29, 0.717) is 56.3 Å². The minimum atomic E-state index is -0.476. The summed E-state index contributed by atoms with van der Waals surface area (Å²) < 4.78 is 22.0. The molecule has 32 heavy (non-hydrogen) atoms. The third-order valence-corrected chi connectivity index (χ3v) is 5.01. The van der Waals surface area contributed by atoms with Crippen LogP contribution in [-0.2, 0) is 19.1 Å². The Kier molecular flexibility index (Phi) is 8.42. The van der Waals surface area contributed by atoms with Crippen molar-refractivity contribution in [1.29, 1.82) is 0 Å². The maximum atomic E-state index is 12.0. The van der Waals surface area contributed by atoms with Gasteiger partial charge in [-0.2, -0.15) is 0 Å². The van der Waals surface area contributed by atoms with E-state index in [0.717, 1.165) is 12.8 Å². The Hall–Kier alpha value is -2.70. The Morgan fingerprint density at radius 1 is 0.688 bits per heavy atom. The zero-order valence-corrected chi connectivity index (χ0v) is 19.4. The molecule has 8 heteroatoms. The average Bonchev–Trinajstić information content (AvgIpc) is 2.78. The van der Waals surface area contributed by atoms with Crippen molar-refractivity contribution < 1.29 is 28.5 Å². The molecule has 3 aromatic rings. The number of hydrogen-bond acceptors (Lipinski definition) is 6. The van der Waals surface area contributed by atoms with Gasteiger partial charge in [0, 0.05) is 31.6 Å². The van der Waals surface area contributed by atoms with Crippen molar-refractivity contribution in [2.45, 2.75) is 26.7 Å². The molecule has 0 amide bonds. The Morgan fingerprint density at radius 2 is 1.09 bits per heavy atom. The minimum Gasteiger partial charge on any atom is -0.481 e. The summed E-state index contributed by atoms with van der Waals surface area (Å²) in [5.41, 5.74) is 0. The standard InChI is InChI=1S/C24H24Cl2O6/c1-3-9-29-21(27)13-31-23-17-7-5-15(25)11-19(17)24(32-14-22(28)30-10-4-2)20-12-16(26)6-8-18(20)23/h5-8,11-12H,3-4,9-10,13-14H2,1-2H3. The van der Waals surface area contributed by atoms with Crippen LogP contribution in [0.3, 0.4) is 0 Å². The highest BCUT2D eigenvalue weighted by molar-refractivity contribution is 6.33. The number of esters is 2. The van der Waals surface area contributed by atoms with E-state index >= 15 is 0 Å². The minimum absolute atomic E-state index is 0.251. The highest BCUT2D eigenvalue weighted by Gasteiger charge is 2.19. The summed E-state index contributed by atoms with van der Waals surface area (Å²) in [6.45, 7) is 3.96. The molecule has 0 heterocycles. The first-order valence-electron chi connectivity index (χ1n) is 10.4. The first-order chi connectivity index (χ1) is 15.4. The second-order valence-electron chi connectivity index (χ2n) is 7.06. The maximum Gasteiger partial charge on any atom is 0.344 e. The van der Waals surface area contributed by atoms with Crippen molar-refractivity contribution in [3.8, 4) is 11.5 Å². The van der Waals surface area contributed by atoms with Crippen LogP contribution in [0, 0.1) is 0 Å². The Bertz CT molecular complexity index is 1070. The molecule has 0 fully saturated rings. The Labute approximate surface area is 196 Å². The largest absolute Gasteiger partial charge is 0.481 e. The van der Waals surface area contributed by atoms with Crippen LogP contribution in [0.4, 0.5) is 0 Å². The summed E-state index contributed by atoms with van der Waals surface area (Å²) >= 11 is 12.5. The van der Waals surface area contributed by atoms with Crippen molar-refractivity contribution in [2.75, 3.05) is 26.4 Å². The average molecular weight is 479 g/mol. The number of carbonyl (C=O) groups excluding carboxylic acids is 2. The zero-order valence-electron chi connectivity index (χ0n) is 17.9. The van der Waals surface area contributed by atoms with Crippen LogP contribution in [0.5, 0.6) is 11.5 Å². The van der Waals surface area contributed by atoms with Crippen LogP contribution < -0.4 is 9.47 Å². The third kappa shape index (κ3) is 5.75. The van der Waals surface area contributed by atoms with E-state index in [1.165, 1.54) is 0 Å². The van der Waals surface area contributed by atoms with Gasteiger partial charge < -0.3 is 18.9 Å². The van der Waals surface area contributed by atoms with E-state index < -0.39 is 11.9 Å². The number of rotatable bonds is 10. The molecule has 0 unspecified atom stereocenters. The van der Waals surface area contributed by atoms with E-state index in [9.17, 15) is 9.59 Å². The first kappa shape index (κ1) is 24.0. The van der Waals surface area contributed by atoms with Gasteiger partial charge in [0.25, 0.3) is 0 Å². The number of hydrogen-bond donors (Lipinski definition) is 0. The van der Waals surface area contributed by atoms with Gasteiger partial charge in [-0.15, -0.1) is 0 Å². The summed E-state index contributed by atoms with van der Waals surface area (Å²) in [5.74, 6) is -0.0432. The molecule has 3 rings (SSSR count). The third-order valence-electron chi connectivity index (χ3n) is 4.54. The van der Waals surface area contributed by atoms with Crippen molar-refractivity contribution >= 4 is 56.7 Å². The molecule has 0 atom stereocenters. The predicted molar refractivity (Wildman–Crippen MR) is 125 cm³/mol. The molecule has 170 valence electrons. The SMILES string of the molecule is CCCOC(=O)COc1c2ccc(Cl)cc2c(OCC(=O)OCCC)c2cc(Cl)ccc12. The van der Waals surface area contributed by atoms with Gasteiger partial charge in [-0.05, 0) is 49.2 Å². The van der Waals surface area contributed by atoms with E-state index in [-0.39, 0.29) is 13.2 Å². The summed E-state index contributed by atoms with van der Waals surface area (Å²) in [6, 6.07) is 10.4. The molecule has 0 aliphatic carbocycles. The fourth-order valence-electron chi connectivity index (χ4n) is 3.18. The fourth-order valence-corrected chi connectivity index (χ4v) is 3.53. The molecular formula is C24H24Cl2O6. The second-order valence-corrected chi connectivity index (χ2v) is 7.93. The Balaban J connectivity index is 2.07. The predicted octanol–water partition coefficient (Wildman–Crippen LogP) is 5.96. The summed E-state index contributed by atoms with van der Waals surface area (Å²) in [4.78, 5) is 24.1. The molecule has 3 aromatic carbocycles. The summed E-state index contributed by atoms with van der Waals surface area (Å²) in [6.07, 6.45) is 1.44. The fraction of sp³-hybridized carbons (Fsp3) is 0.333. The molecule has 0 aliphatic heterocycles. The van der Waals surface area contributed by atoms with Crippen molar-refractivity contribution in [2.24, 2.45) is 0 Å². The van der Waals surface area contributed by atoms with Gasteiger partial charge in [0.05, 0.1) is 13.2 Å². The van der Waals surface area contributed by atoms with Crippen LogP contribution >= 0.6 is 23.2 Å². The lowest BCUT2D eigenvalue weighted by Gasteiger charge is -2.18. The van der Waals surface area contributed by atoms with Crippen molar-refractivity contribution in [1.82, 2.24) is 0 Å². The number of halogens is 2. The Morgan fingerprint density at radius 3 is 1.50 bits per heavy atom. The maximum absolute atomic E-state index is 12.0. The lowest BCUT2D eigenvalue weighted by Crippen LogP contribution is -2.16. The molecule has 0 saturated carbocycles. The van der Waals surface area contributed by atoms with Gasteiger partial charge in [-0.25, -0.2) is 9.59 Å². The van der Waals surface area contributed by atoms with Crippen LogP contribution in [0.15, 0.2) is 36.4 Å². The lowest BCUT2D eigenvalue weighted by molar-refractivity contribution is -0.146. The van der Waals surface area contributed by atoms with E-state index in [2.05, 4.69) is 0 Å². The highest BCUT2D eigenvalue weighted by Crippen LogP contribution is 2.44. The number of carbonyl (C=O) groups is 2. The van der Waals surface area contributed by atoms with E-state index in [1.807, 2.05) is 13.8 Å². The molecular weight excluding hydrogens is 455 g/mol. The van der Waals surface area contributed by atoms with Crippen molar-refractivity contribution in [3.63, 3.8) is 0 Å².